The van der Waals surface area contributed by atoms with Crippen molar-refractivity contribution >= 4 is 6.03 Å². The summed E-state index contributed by atoms with van der Waals surface area (Å²) >= 11 is 0. The molecule has 0 spiro atoms. The second-order valence-corrected chi connectivity index (χ2v) is 7.60. The molecular formula is C22H26FN3O. The van der Waals surface area contributed by atoms with E-state index in [1.54, 1.807) is 12.1 Å². The first-order chi connectivity index (χ1) is 13.1. The topological polar surface area (TPSA) is 35.6 Å². The molecule has 1 fully saturated rings. The fraction of sp³-hybridized carbons (Fsp3) is 0.409. The number of fused-ring (bicyclic) bond motifs is 1. The van der Waals surface area contributed by atoms with Crippen LogP contribution in [-0.2, 0) is 6.42 Å². The van der Waals surface area contributed by atoms with Gasteiger partial charge in [0.2, 0.25) is 0 Å². The monoisotopic (exact) mass is 367 g/mol. The quantitative estimate of drug-likeness (QED) is 0.900. The maximum Gasteiger partial charge on any atom is 0.320 e. The van der Waals surface area contributed by atoms with Gasteiger partial charge in [-0.15, -0.1) is 0 Å². The summed E-state index contributed by atoms with van der Waals surface area (Å²) in [4.78, 5) is 17.2. The number of nitrogens with one attached hydrogen (secondary N) is 1. The molecule has 4 rings (SSSR count). The highest BCUT2D eigenvalue weighted by Gasteiger charge is 2.38. The number of urea groups is 1. The van der Waals surface area contributed by atoms with Crippen molar-refractivity contribution in [2.75, 3.05) is 20.6 Å². The van der Waals surface area contributed by atoms with Crippen LogP contribution in [0.4, 0.5) is 9.18 Å². The van der Waals surface area contributed by atoms with E-state index in [0.29, 0.717) is 12.6 Å². The summed E-state index contributed by atoms with van der Waals surface area (Å²) in [5.41, 5.74) is 3.35. The number of carbonyl (C=O) groups is 1. The highest BCUT2D eigenvalue weighted by Crippen LogP contribution is 2.36. The molecule has 0 aromatic heterocycles. The summed E-state index contributed by atoms with van der Waals surface area (Å²) in [6.45, 7) is 0.671. The molecule has 142 valence electrons. The van der Waals surface area contributed by atoms with Crippen molar-refractivity contribution in [1.82, 2.24) is 15.1 Å². The summed E-state index contributed by atoms with van der Waals surface area (Å²) in [5, 5.41) is 3.27. The number of nitrogens with zero attached hydrogens (tertiary/aromatic N) is 2. The largest absolute Gasteiger partial charge is 0.325 e. The van der Waals surface area contributed by atoms with Crippen molar-refractivity contribution in [3.63, 3.8) is 0 Å². The fourth-order valence-electron chi connectivity index (χ4n) is 4.28. The van der Waals surface area contributed by atoms with Gasteiger partial charge in [0.05, 0.1) is 6.04 Å². The Morgan fingerprint density at radius 3 is 2.56 bits per heavy atom. The van der Waals surface area contributed by atoms with E-state index < -0.39 is 0 Å². The minimum Gasteiger partial charge on any atom is -0.325 e. The molecule has 1 aliphatic heterocycles. The Hall–Kier alpha value is -2.40. The molecule has 0 saturated heterocycles. The Morgan fingerprint density at radius 1 is 1.15 bits per heavy atom. The molecule has 27 heavy (non-hydrogen) atoms. The molecule has 2 amide bonds. The van der Waals surface area contributed by atoms with E-state index in [9.17, 15) is 9.18 Å². The van der Waals surface area contributed by atoms with Gasteiger partial charge in [0.1, 0.15) is 5.82 Å². The number of halogens is 1. The predicted octanol–water partition coefficient (Wildman–Crippen LogP) is 3.58. The zero-order valence-electron chi connectivity index (χ0n) is 15.9. The molecule has 4 nitrogen and oxygen atoms in total. The number of carbonyl (C=O) groups excluding carboxylic acids is 1. The molecule has 5 heteroatoms. The third-order valence-corrected chi connectivity index (χ3v) is 6.09. The van der Waals surface area contributed by atoms with Crippen molar-refractivity contribution in [2.24, 2.45) is 0 Å². The average Bonchev–Trinajstić information content (AvgIpc) is 2.66. The third kappa shape index (κ3) is 3.32. The lowest BCUT2D eigenvalue weighted by atomic mass is 9.85. The van der Waals surface area contributed by atoms with Gasteiger partial charge in [0.15, 0.2) is 0 Å². The number of rotatable bonds is 3. The maximum atomic E-state index is 13.5. The molecule has 2 aromatic carbocycles. The van der Waals surface area contributed by atoms with Crippen LogP contribution in [0.25, 0.3) is 0 Å². The number of benzene rings is 2. The SMILES string of the molecule is CN[C@H]1C[C@H](N(C)C(=O)N2CCc3ccccc3[C@@H]2c2ccc(F)cc2)C1. The first-order valence-corrected chi connectivity index (χ1v) is 9.62. The predicted molar refractivity (Wildman–Crippen MR) is 104 cm³/mol. The number of hydrogen-bond donors (Lipinski definition) is 1. The Bertz CT molecular complexity index is 817. The first kappa shape index (κ1) is 18.0. The molecule has 1 aliphatic carbocycles. The van der Waals surface area contributed by atoms with Crippen LogP contribution in [0.15, 0.2) is 48.5 Å². The minimum atomic E-state index is -0.259. The molecule has 2 aliphatic rings. The highest BCUT2D eigenvalue weighted by atomic mass is 19.1. The van der Waals surface area contributed by atoms with Gasteiger partial charge >= 0.3 is 6.03 Å². The molecule has 1 atom stereocenters. The summed E-state index contributed by atoms with van der Waals surface area (Å²) < 4.78 is 13.5. The van der Waals surface area contributed by atoms with Gasteiger partial charge in [0, 0.05) is 25.7 Å². The zero-order valence-corrected chi connectivity index (χ0v) is 15.9. The molecule has 1 N–H and O–H groups in total. The third-order valence-electron chi connectivity index (χ3n) is 6.09. The summed E-state index contributed by atoms with van der Waals surface area (Å²) in [7, 11) is 3.87. The summed E-state index contributed by atoms with van der Waals surface area (Å²) in [5.74, 6) is -0.259. The molecule has 2 aromatic rings. The second kappa shape index (κ2) is 7.31. The van der Waals surface area contributed by atoms with E-state index >= 15 is 0 Å². The van der Waals surface area contributed by atoms with Crippen LogP contribution in [0.2, 0.25) is 0 Å². The molecular weight excluding hydrogens is 341 g/mol. The van der Waals surface area contributed by atoms with Gasteiger partial charge < -0.3 is 15.1 Å². The van der Waals surface area contributed by atoms with Crippen molar-refractivity contribution in [2.45, 2.75) is 37.4 Å². The van der Waals surface area contributed by atoms with Crippen molar-refractivity contribution in [1.29, 1.82) is 0 Å². The van der Waals surface area contributed by atoms with E-state index in [-0.39, 0.29) is 23.9 Å². The fourth-order valence-corrected chi connectivity index (χ4v) is 4.28. The lowest BCUT2D eigenvalue weighted by molar-refractivity contribution is 0.0973. The first-order valence-electron chi connectivity index (χ1n) is 9.62. The van der Waals surface area contributed by atoms with Crippen molar-refractivity contribution < 1.29 is 9.18 Å². The van der Waals surface area contributed by atoms with Crippen LogP contribution >= 0.6 is 0 Å². The average molecular weight is 367 g/mol. The normalized spacial score (nSPS) is 24.1. The maximum absolute atomic E-state index is 13.5. The second-order valence-electron chi connectivity index (χ2n) is 7.60. The van der Waals surface area contributed by atoms with Crippen molar-refractivity contribution in [3.8, 4) is 0 Å². The molecule has 0 radical (unpaired) electrons. The summed E-state index contributed by atoms with van der Waals surface area (Å²) in [6, 6.07) is 15.5. The molecule has 1 saturated carbocycles. The van der Waals surface area contributed by atoms with E-state index in [4.69, 9.17) is 0 Å². The Balaban J connectivity index is 1.64. The Labute approximate surface area is 160 Å². The van der Waals surface area contributed by atoms with Crippen LogP contribution in [-0.4, -0.2) is 48.6 Å². The molecule has 0 unspecified atom stereocenters. The number of hydrogen-bond acceptors (Lipinski definition) is 2. The van der Waals surface area contributed by atoms with Gasteiger partial charge in [0.25, 0.3) is 0 Å². The van der Waals surface area contributed by atoms with E-state index in [1.165, 1.54) is 17.7 Å². The van der Waals surface area contributed by atoms with Crippen LogP contribution < -0.4 is 5.32 Å². The van der Waals surface area contributed by atoms with Crippen LogP contribution in [0.3, 0.4) is 0 Å². The van der Waals surface area contributed by atoms with E-state index in [1.807, 2.05) is 36.0 Å². The lowest BCUT2D eigenvalue weighted by Crippen LogP contribution is -2.56. The Morgan fingerprint density at radius 2 is 1.85 bits per heavy atom. The van der Waals surface area contributed by atoms with Gasteiger partial charge in [-0.05, 0) is 55.1 Å². The highest BCUT2D eigenvalue weighted by molar-refractivity contribution is 5.76. The van der Waals surface area contributed by atoms with Gasteiger partial charge in [-0.1, -0.05) is 36.4 Å². The zero-order chi connectivity index (χ0) is 19.0. The van der Waals surface area contributed by atoms with Crippen LogP contribution in [0, 0.1) is 5.82 Å². The lowest BCUT2D eigenvalue weighted by Gasteiger charge is -2.45. The van der Waals surface area contributed by atoms with Crippen LogP contribution in [0.5, 0.6) is 0 Å². The molecule has 1 heterocycles. The molecule has 0 bridgehead atoms. The Kier molecular flexibility index (Phi) is 4.87. The van der Waals surface area contributed by atoms with Gasteiger partial charge in [-0.25, -0.2) is 9.18 Å². The van der Waals surface area contributed by atoms with Crippen LogP contribution in [0.1, 0.15) is 35.6 Å². The summed E-state index contributed by atoms with van der Waals surface area (Å²) in [6.07, 6.45) is 2.83. The smallest absolute Gasteiger partial charge is 0.320 e. The standard InChI is InChI=1S/C22H26FN3O/c1-24-18-13-19(14-18)25(2)22(27)26-12-11-15-5-3-4-6-20(15)21(26)16-7-9-17(23)10-8-16/h3-10,18-19,21,24H,11-14H2,1-2H3/t18-,19-,21-/m0/s1. The van der Waals surface area contributed by atoms with E-state index in [2.05, 4.69) is 17.4 Å². The van der Waals surface area contributed by atoms with Crippen molar-refractivity contribution in [3.05, 3.63) is 71.0 Å². The minimum absolute atomic E-state index is 0.0541. The van der Waals surface area contributed by atoms with Gasteiger partial charge in [-0.2, -0.15) is 0 Å². The van der Waals surface area contributed by atoms with Gasteiger partial charge in [-0.3, -0.25) is 0 Å². The number of amides is 2. The van der Waals surface area contributed by atoms with E-state index in [0.717, 1.165) is 30.4 Å².